The number of hydrogen-bond acceptors (Lipinski definition) is 5. The van der Waals surface area contributed by atoms with Crippen molar-refractivity contribution in [1.29, 1.82) is 0 Å². The molecule has 0 amide bonds. The molecular weight excluding hydrogens is 284 g/mol. The first-order valence-electron chi connectivity index (χ1n) is 6.74. The summed E-state index contributed by atoms with van der Waals surface area (Å²) in [6.45, 7) is 0. The zero-order valence-electron chi connectivity index (χ0n) is 12.4. The lowest BCUT2D eigenvalue weighted by Gasteiger charge is -2.21. The minimum Gasteiger partial charge on any atom is -0.508 e. The lowest BCUT2D eigenvalue weighted by molar-refractivity contribution is -0.140. The van der Waals surface area contributed by atoms with Crippen molar-refractivity contribution in [2.45, 2.75) is 12.2 Å². The number of aromatic hydroxyl groups is 2. The molecular formula is C17H18O5. The first kappa shape index (κ1) is 16.0. The molecule has 0 aromatic heterocycles. The van der Waals surface area contributed by atoms with E-state index in [1.54, 1.807) is 24.3 Å². The van der Waals surface area contributed by atoms with Gasteiger partial charge in [0.25, 0.3) is 0 Å². The van der Waals surface area contributed by atoms with Crippen LogP contribution in [-0.4, -0.2) is 30.2 Å². The van der Waals surface area contributed by atoms with Crippen LogP contribution in [0.4, 0.5) is 0 Å². The fourth-order valence-electron chi connectivity index (χ4n) is 2.27. The highest BCUT2D eigenvalue weighted by atomic mass is 16.5. The predicted octanol–water partition coefficient (Wildman–Crippen LogP) is 2.74. The van der Waals surface area contributed by atoms with E-state index in [2.05, 4.69) is 0 Å². The molecule has 116 valence electrons. The first-order chi connectivity index (χ1) is 10.6. The van der Waals surface area contributed by atoms with Gasteiger partial charge in [0.1, 0.15) is 23.7 Å². The maximum absolute atomic E-state index is 12.7. The van der Waals surface area contributed by atoms with Crippen LogP contribution < -0.4 is 0 Å². The highest BCUT2D eigenvalue weighted by molar-refractivity contribution is 5.89. The van der Waals surface area contributed by atoms with E-state index in [-0.39, 0.29) is 17.3 Å². The van der Waals surface area contributed by atoms with Gasteiger partial charge < -0.3 is 19.7 Å². The topological polar surface area (TPSA) is 76.0 Å². The molecule has 2 atom stereocenters. The molecule has 0 heterocycles. The van der Waals surface area contributed by atoms with E-state index < -0.39 is 12.2 Å². The molecule has 0 spiro atoms. The van der Waals surface area contributed by atoms with Crippen molar-refractivity contribution >= 4 is 5.78 Å². The number of phenolic OH excluding ortho intramolecular Hbond substituents is 2. The molecule has 0 saturated heterocycles. The molecule has 5 nitrogen and oxygen atoms in total. The van der Waals surface area contributed by atoms with E-state index in [4.69, 9.17) is 9.47 Å². The van der Waals surface area contributed by atoms with Gasteiger partial charge in [0.15, 0.2) is 5.78 Å². The molecule has 0 fully saturated rings. The number of methoxy groups -OCH3 is 2. The Hall–Kier alpha value is -2.37. The normalized spacial score (nSPS) is 13.5. The van der Waals surface area contributed by atoms with Crippen molar-refractivity contribution in [2.75, 3.05) is 14.2 Å². The molecule has 0 bridgehead atoms. The standard InChI is InChI=1S/C17H18O5/c1-21-16(11-3-7-13(18)8-4-11)15(20)17(22-2)12-5-9-14(19)10-6-12/h3-10,16-19H,1-2H3. The van der Waals surface area contributed by atoms with Crippen LogP contribution in [0, 0.1) is 0 Å². The Kier molecular flexibility index (Phi) is 5.14. The molecule has 2 rings (SSSR count). The number of carbonyl (C=O) groups excluding carboxylic acids is 1. The largest absolute Gasteiger partial charge is 0.508 e. The second-order valence-electron chi connectivity index (χ2n) is 4.82. The molecule has 0 aliphatic heterocycles. The van der Waals surface area contributed by atoms with Crippen molar-refractivity contribution in [1.82, 2.24) is 0 Å². The van der Waals surface area contributed by atoms with Crippen molar-refractivity contribution < 1.29 is 24.5 Å². The number of rotatable bonds is 6. The second-order valence-corrected chi connectivity index (χ2v) is 4.82. The quantitative estimate of drug-likeness (QED) is 0.858. The van der Waals surface area contributed by atoms with Crippen LogP contribution in [0.5, 0.6) is 11.5 Å². The number of ketones is 1. The van der Waals surface area contributed by atoms with Crippen molar-refractivity contribution in [3.63, 3.8) is 0 Å². The summed E-state index contributed by atoms with van der Waals surface area (Å²) in [6, 6.07) is 12.5. The maximum atomic E-state index is 12.7. The van der Waals surface area contributed by atoms with Crippen LogP contribution in [0.3, 0.4) is 0 Å². The molecule has 0 aliphatic rings. The van der Waals surface area contributed by atoms with Crippen LogP contribution in [0.2, 0.25) is 0 Å². The summed E-state index contributed by atoms with van der Waals surface area (Å²) in [7, 11) is 2.89. The average Bonchev–Trinajstić information content (AvgIpc) is 2.52. The third kappa shape index (κ3) is 3.44. The summed E-state index contributed by atoms with van der Waals surface area (Å²) in [5.74, 6) is -0.0258. The summed E-state index contributed by atoms with van der Waals surface area (Å²) >= 11 is 0. The predicted molar refractivity (Wildman–Crippen MR) is 80.7 cm³/mol. The van der Waals surface area contributed by atoms with E-state index in [1.165, 1.54) is 38.5 Å². The van der Waals surface area contributed by atoms with Gasteiger partial charge in [-0.05, 0) is 35.4 Å². The van der Waals surface area contributed by atoms with Gasteiger partial charge >= 0.3 is 0 Å². The molecule has 2 unspecified atom stereocenters. The number of ether oxygens (including phenoxy) is 2. The van der Waals surface area contributed by atoms with Gasteiger partial charge in [-0.15, -0.1) is 0 Å². The lowest BCUT2D eigenvalue weighted by Crippen LogP contribution is -2.23. The third-order valence-electron chi connectivity index (χ3n) is 3.38. The monoisotopic (exact) mass is 302 g/mol. The molecule has 5 heteroatoms. The summed E-state index contributed by atoms with van der Waals surface area (Å²) in [5.41, 5.74) is 1.26. The van der Waals surface area contributed by atoms with Gasteiger partial charge in [-0.25, -0.2) is 0 Å². The molecule has 22 heavy (non-hydrogen) atoms. The van der Waals surface area contributed by atoms with Gasteiger partial charge in [-0.1, -0.05) is 24.3 Å². The molecule has 0 aliphatic carbocycles. The molecule has 2 aromatic carbocycles. The second kappa shape index (κ2) is 7.06. The first-order valence-corrected chi connectivity index (χ1v) is 6.74. The molecule has 0 saturated carbocycles. The zero-order chi connectivity index (χ0) is 16.1. The van der Waals surface area contributed by atoms with Crippen LogP contribution in [-0.2, 0) is 14.3 Å². The van der Waals surface area contributed by atoms with Gasteiger partial charge in [0.05, 0.1) is 0 Å². The van der Waals surface area contributed by atoms with E-state index in [1.807, 2.05) is 0 Å². The summed E-state index contributed by atoms with van der Waals surface area (Å²) in [5, 5.41) is 18.7. The number of carbonyl (C=O) groups is 1. The fourth-order valence-corrected chi connectivity index (χ4v) is 2.27. The van der Waals surface area contributed by atoms with Crippen molar-refractivity contribution in [3.8, 4) is 11.5 Å². The highest BCUT2D eigenvalue weighted by Crippen LogP contribution is 2.29. The zero-order valence-corrected chi connectivity index (χ0v) is 12.4. The Morgan fingerprint density at radius 3 is 1.36 bits per heavy atom. The average molecular weight is 302 g/mol. The van der Waals surface area contributed by atoms with E-state index in [0.717, 1.165) is 0 Å². The Morgan fingerprint density at radius 2 is 1.09 bits per heavy atom. The Labute approximate surface area is 128 Å². The van der Waals surface area contributed by atoms with Crippen LogP contribution >= 0.6 is 0 Å². The lowest BCUT2D eigenvalue weighted by atomic mass is 9.97. The van der Waals surface area contributed by atoms with E-state index in [9.17, 15) is 15.0 Å². The number of phenols is 2. The fraction of sp³-hybridized carbons (Fsp3) is 0.235. The van der Waals surface area contributed by atoms with Crippen LogP contribution in [0.25, 0.3) is 0 Å². The molecule has 2 aromatic rings. The smallest absolute Gasteiger partial charge is 0.199 e. The minimum atomic E-state index is -0.806. The number of Topliss-reactive ketones (excluding diaryl/α,β-unsaturated/α-hetero) is 1. The van der Waals surface area contributed by atoms with E-state index >= 15 is 0 Å². The maximum Gasteiger partial charge on any atom is 0.199 e. The van der Waals surface area contributed by atoms with Gasteiger partial charge in [0, 0.05) is 14.2 Å². The molecule has 0 radical (unpaired) electrons. The Balaban J connectivity index is 2.29. The minimum absolute atomic E-state index is 0.118. The van der Waals surface area contributed by atoms with E-state index in [0.29, 0.717) is 11.1 Å². The Morgan fingerprint density at radius 1 is 0.773 bits per heavy atom. The van der Waals surface area contributed by atoms with Crippen molar-refractivity contribution in [3.05, 3.63) is 59.7 Å². The summed E-state index contributed by atoms with van der Waals surface area (Å²) in [4.78, 5) is 12.7. The summed E-state index contributed by atoms with van der Waals surface area (Å²) in [6.07, 6.45) is -1.61. The third-order valence-corrected chi connectivity index (χ3v) is 3.38. The van der Waals surface area contributed by atoms with Gasteiger partial charge in [-0.2, -0.15) is 0 Å². The van der Waals surface area contributed by atoms with Crippen molar-refractivity contribution in [2.24, 2.45) is 0 Å². The van der Waals surface area contributed by atoms with Crippen LogP contribution in [0.15, 0.2) is 48.5 Å². The SMILES string of the molecule is COC(C(=O)C(OC)c1ccc(O)cc1)c1ccc(O)cc1. The molecule has 2 N–H and O–H groups in total. The highest BCUT2D eigenvalue weighted by Gasteiger charge is 2.29. The number of hydrogen-bond donors (Lipinski definition) is 2. The Bertz CT molecular complexity index is 563. The number of benzene rings is 2. The summed E-state index contributed by atoms with van der Waals surface area (Å²) < 4.78 is 10.6. The van der Waals surface area contributed by atoms with Crippen LogP contribution in [0.1, 0.15) is 23.3 Å². The van der Waals surface area contributed by atoms with Gasteiger partial charge in [0.2, 0.25) is 0 Å². The van der Waals surface area contributed by atoms with Gasteiger partial charge in [-0.3, -0.25) is 4.79 Å².